The highest BCUT2D eigenvalue weighted by atomic mass is 35.5. The molecule has 7 heteroatoms. The second-order valence-electron chi connectivity index (χ2n) is 7.81. The standard InChI is InChI=1S/C23H26ClN3O2S/c1-14(2)26(15(3)4)21(28)13-30-23-25-20-12-17(24)9-10-19(20)22(29)27(23)18-8-6-7-16(5)11-18/h6-12,14-15H,13H2,1-5H3. The molecule has 0 N–H and O–H groups in total. The molecule has 3 aromatic rings. The first-order valence-electron chi connectivity index (χ1n) is 9.92. The summed E-state index contributed by atoms with van der Waals surface area (Å²) < 4.78 is 1.58. The number of benzene rings is 2. The van der Waals surface area contributed by atoms with Crippen molar-refractivity contribution in [1.29, 1.82) is 0 Å². The largest absolute Gasteiger partial charge is 0.337 e. The number of hydrogen-bond acceptors (Lipinski definition) is 4. The van der Waals surface area contributed by atoms with Gasteiger partial charge < -0.3 is 4.90 Å². The Morgan fingerprint density at radius 2 is 1.83 bits per heavy atom. The van der Waals surface area contributed by atoms with Gasteiger partial charge in [0.1, 0.15) is 0 Å². The van der Waals surface area contributed by atoms with Crippen molar-refractivity contribution in [3.05, 3.63) is 63.4 Å². The van der Waals surface area contributed by atoms with Gasteiger partial charge in [0.15, 0.2) is 5.16 Å². The Bertz CT molecular complexity index is 1130. The van der Waals surface area contributed by atoms with Crippen LogP contribution in [0, 0.1) is 6.92 Å². The van der Waals surface area contributed by atoms with Crippen molar-refractivity contribution in [2.24, 2.45) is 0 Å². The molecule has 0 bridgehead atoms. The van der Waals surface area contributed by atoms with Crippen LogP contribution in [0.4, 0.5) is 0 Å². The predicted octanol–water partition coefficient (Wildman–Crippen LogP) is 5.09. The second-order valence-corrected chi connectivity index (χ2v) is 9.19. The number of halogens is 1. The Labute approximate surface area is 186 Å². The first-order valence-corrected chi connectivity index (χ1v) is 11.3. The van der Waals surface area contributed by atoms with Gasteiger partial charge in [-0.1, -0.05) is 35.5 Å². The van der Waals surface area contributed by atoms with Crippen LogP contribution in [0.1, 0.15) is 33.3 Å². The van der Waals surface area contributed by atoms with Crippen molar-refractivity contribution in [1.82, 2.24) is 14.5 Å². The highest BCUT2D eigenvalue weighted by Crippen LogP contribution is 2.24. The maximum absolute atomic E-state index is 13.3. The third-order valence-electron chi connectivity index (χ3n) is 4.79. The molecule has 0 saturated carbocycles. The average Bonchev–Trinajstić information content (AvgIpc) is 2.65. The van der Waals surface area contributed by atoms with Gasteiger partial charge >= 0.3 is 0 Å². The molecule has 0 fully saturated rings. The zero-order valence-electron chi connectivity index (χ0n) is 17.8. The van der Waals surface area contributed by atoms with E-state index >= 15 is 0 Å². The predicted molar refractivity (Wildman–Crippen MR) is 125 cm³/mol. The van der Waals surface area contributed by atoms with Gasteiger partial charge in [-0.25, -0.2) is 4.98 Å². The van der Waals surface area contributed by atoms with E-state index in [4.69, 9.17) is 16.6 Å². The number of amides is 1. The molecule has 0 aliphatic heterocycles. The number of carbonyl (C=O) groups excluding carboxylic acids is 1. The number of nitrogens with zero attached hydrogens (tertiary/aromatic N) is 3. The van der Waals surface area contributed by atoms with Crippen LogP contribution in [0.5, 0.6) is 0 Å². The first-order chi connectivity index (χ1) is 14.2. The molecule has 0 saturated heterocycles. The summed E-state index contributed by atoms with van der Waals surface area (Å²) in [5, 5.41) is 1.48. The topological polar surface area (TPSA) is 55.2 Å². The van der Waals surface area contributed by atoms with Gasteiger partial charge in [0, 0.05) is 17.1 Å². The molecule has 0 aliphatic carbocycles. The summed E-state index contributed by atoms with van der Waals surface area (Å²) in [5.74, 6) is 0.210. The van der Waals surface area contributed by atoms with Gasteiger partial charge in [-0.3, -0.25) is 14.2 Å². The van der Waals surface area contributed by atoms with Crippen molar-refractivity contribution < 1.29 is 4.79 Å². The Morgan fingerprint density at radius 1 is 1.13 bits per heavy atom. The molecule has 0 radical (unpaired) electrons. The lowest BCUT2D eigenvalue weighted by molar-refractivity contribution is -0.131. The van der Waals surface area contributed by atoms with Crippen LogP contribution in [0.25, 0.3) is 16.6 Å². The van der Waals surface area contributed by atoms with E-state index in [1.54, 1.807) is 22.8 Å². The zero-order chi connectivity index (χ0) is 22.0. The highest BCUT2D eigenvalue weighted by molar-refractivity contribution is 7.99. The van der Waals surface area contributed by atoms with E-state index in [9.17, 15) is 9.59 Å². The fourth-order valence-electron chi connectivity index (χ4n) is 3.60. The van der Waals surface area contributed by atoms with Crippen molar-refractivity contribution in [2.75, 3.05) is 5.75 Å². The minimum absolute atomic E-state index is 0.0150. The molecule has 3 rings (SSSR count). The minimum atomic E-state index is -0.179. The summed E-state index contributed by atoms with van der Waals surface area (Å²) >= 11 is 7.39. The molecule has 5 nitrogen and oxygen atoms in total. The molecule has 0 spiro atoms. The second kappa shape index (κ2) is 9.23. The van der Waals surface area contributed by atoms with Crippen LogP contribution < -0.4 is 5.56 Å². The zero-order valence-corrected chi connectivity index (χ0v) is 19.4. The summed E-state index contributed by atoms with van der Waals surface area (Å²) in [6, 6.07) is 12.9. The Hall–Kier alpha value is -2.31. The van der Waals surface area contributed by atoms with Crippen molar-refractivity contribution >= 4 is 40.2 Å². The van der Waals surface area contributed by atoms with Gasteiger partial charge in [0.05, 0.1) is 22.3 Å². The van der Waals surface area contributed by atoms with Crippen LogP contribution in [0.3, 0.4) is 0 Å². The summed E-state index contributed by atoms with van der Waals surface area (Å²) in [5.41, 5.74) is 2.11. The molecule has 1 amide bonds. The van der Waals surface area contributed by atoms with Crippen molar-refractivity contribution in [3.63, 3.8) is 0 Å². The van der Waals surface area contributed by atoms with Gasteiger partial charge in [-0.05, 0) is 70.5 Å². The van der Waals surface area contributed by atoms with E-state index < -0.39 is 0 Å². The lowest BCUT2D eigenvalue weighted by Crippen LogP contribution is -2.43. The molecule has 0 atom stereocenters. The molecule has 30 heavy (non-hydrogen) atoms. The fraction of sp³-hybridized carbons (Fsp3) is 0.348. The maximum Gasteiger partial charge on any atom is 0.266 e. The van der Waals surface area contributed by atoms with Crippen LogP contribution in [-0.2, 0) is 4.79 Å². The molecule has 0 unspecified atom stereocenters. The van der Waals surface area contributed by atoms with E-state index in [-0.39, 0.29) is 29.3 Å². The van der Waals surface area contributed by atoms with E-state index in [0.29, 0.717) is 21.1 Å². The fourth-order valence-corrected chi connectivity index (χ4v) is 4.65. The SMILES string of the molecule is Cc1cccc(-n2c(SCC(=O)N(C(C)C)C(C)C)nc3cc(Cl)ccc3c2=O)c1. The van der Waals surface area contributed by atoms with Crippen LogP contribution >= 0.6 is 23.4 Å². The van der Waals surface area contributed by atoms with Crippen molar-refractivity contribution in [3.8, 4) is 5.69 Å². The summed E-state index contributed by atoms with van der Waals surface area (Å²) in [4.78, 5) is 32.8. The first kappa shape index (κ1) is 22.4. The molecule has 2 aromatic carbocycles. The number of thioether (sulfide) groups is 1. The molecular formula is C23H26ClN3O2S. The number of hydrogen-bond donors (Lipinski definition) is 0. The quantitative estimate of drug-likeness (QED) is 0.393. The lowest BCUT2D eigenvalue weighted by atomic mass is 10.2. The third-order valence-corrected chi connectivity index (χ3v) is 5.94. The molecule has 0 aliphatic rings. The van der Waals surface area contributed by atoms with Gasteiger partial charge in [-0.2, -0.15) is 0 Å². The van der Waals surface area contributed by atoms with Crippen LogP contribution in [-0.4, -0.2) is 38.2 Å². The normalized spacial score (nSPS) is 11.5. The van der Waals surface area contributed by atoms with E-state index in [1.807, 2.05) is 63.8 Å². The molecule has 158 valence electrons. The number of aryl methyl sites for hydroxylation is 1. The van der Waals surface area contributed by atoms with E-state index in [1.165, 1.54) is 11.8 Å². The Balaban J connectivity index is 2.09. The Kier molecular flexibility index (Phi) is 6.88. The molecular weight excluding hydrogens is 418 g/mol. The molecule has 1 heterocycles. The monoisotopic (exact) mass is 443 g/mol. The maximum atomic E-state index is 13.3. The highest BCUT2D eigenvalue weighted by Gasteiger charge is 2.22. The van der Waals surface area contributed by atoms with E-state index in [2.05, 4.69) is 0 Å². The Morgan fingerprint density at radius 3 is 2.47 bits per heavy atom. The minimum Gasteiger partial charge on any atom is -0.337 e. The summed E-state index contributed by atoms with van der Waals surface area (Å²) in [6.45, 7) is 9.98. The third kappa shape index (κ3) is 4.71. The number of rotatable bonds is 6. The smallest absolute Gasteiger partial charge is 0.266 e. The van der Waals surface area contributed by atoms with Gasteiger partial charge in [0.2, 0.25) is 5.91 Å². The van der Waals surface area contributed by atoms with Crippen LogP contribution in [0.2, 0.25) is 5.02 Å². The average molecular weight is 444 g/mol. The number of carbonyl (C=O) groups is 1. The lowest BCUT2D eigenvalue weighted by Gasteiger charge is -2.30. The molecule has 1 aromatic heterocycles. The van der Waals surface area contributed by atoms with E-state index in [0.717, 1.165) is 11.3 Å². The summed E-state index contributed by atoms with van der Waals surface area (Å²) in [7, 11) is 0. The summed E-state index contributed by atoms with van der Waals surface area (Å²) in [6.07, 6.45) is 0. The van der Waals surface area contributed by atoms with Crippen molar-refractivity contribution in [2.45, 2.75) is 51.9 Å². The number of aromatic nitrogens is 2. The van der Waals surface area contributed by atoms with Crippen LogP contribution in [0.15, 0.2) is 52.4 Å². The van der Waals surface area contributed by atoms with Gasteiger partial charge in [0.25, 0.3) is 5.56 Å². The van der Waals surface area contributed by atoms with Gasteiger partial charge in [-0.15, -0.1) is 0 Å². The number of fused-ring (bicyclic) bond motifs is 1.